The number of thioether (sulfide) groups is 1. The molecule has 1 saturated heterocycles. The van der Waals surface area contributed by atoms with E-state index in [1.54, 1.807) is 13.0 Å². The molecule has 9 heteroatoms. The maximum atomic E-state index is 12.4. The van der Waals surface area contributed by atoms with Crippen molar-refractivity contribution in [3.05, 3.63) is 27.3 Å². The maximum Gasteiger partial charge on any atom is 0.305 e. The molecule has 0 bridgehead atoms. The number of carboxylic acid groups (broad SMARTS) is 1. The van der Waals surface area contributed by atoms with Crippen LogP contribution >= 0.6 is 35.3 Å². The summed E-state index contributed by atoms with van der Waals surface area (Å²) in [6.45, 7) is 1.58. The Hall–Kier alpha value is -1.71. The number of thiophene rings is 1. The van der Waals surface area contributed by atoms with E-state index in [0.29, 0.717) is 9.23 Å². The third-order valence-electron chi connectivity index (χ3n) is 3.04. The molecule has 1 aromatic rings. The number of carboxylic acids is 1. The van der Waals surface area contributed by atoms with E-state index in [4.69, 9.17) is 17.3 Å². The lowest BCUT2D eigenvalue weighted by atomic mass is 10.2. The van der Waals surface area contributed by atoms with Crippen LogP contribution in [0.3, 0.4) is 0 Å². The Kier molecular flexibility index (Phi) is 5.91. The highest BCUT2D eigenvalue weighted by molar-refractivity contribution is 8.26. The molecule has 2 rings (SSSR count). The van der Waals surface area contributed by atoms with Gasteiger partial charge >= 0.3 is 5.97 Å². The minimum Gasteiger partial charge on any atom is -0.481 e. The highest BCUT2D eigenvalue weighted by Gasteiger charge is 2.38. The second-order valence-electron chi connectivity index (χ2n) is 4.68. The summed E-state index contributed by atoms with van der Waals surface area (Å²) < 4.78 is 0.318. The van der Waals surface area contributed by atoms with Gasteiger partial charge in [-0.05, 0) is 24.4 Å². The van der Waals surface area contributed by atoms with E-state index in [2.05, 4.69) is 5.32 Å². The molecule has 1 fully saturated rings. The van der Waals surface area contributed by atoms with Gasteiger partial charge in [0, 0.05) is 11.4 Å². The minimum atomic E-state index is -0.998. The van der Waals surface area contributed by atoms with Gasteiger partial charge in [-0.1, -0.05) is 30.0 Å². The first-order chi connectivity index (χ1) is 10.9. The third-order valence-corrected chi connectivity index (χ3v) is 5.19. The Morgan fingerprint density at radius 3 is 2.87 bits per heavy atom. The van der Waals surface area contributed by atoms with Crippen molar-refractivity contribution in [2.75, 3.05) is 6.54 Å². The molecule has 0 aromatic carbocycles. The number of nitrogens with zero attached hydrogens (tertiary/aromatic N) is 1. The Labute approximate surface area is 146 Å². The first kappa shape index (κ1) is 17.6. The monoisotopic (exact) mass is 370 g/mol. The van der Waals surface area contributed by atoms with E-state index < -0.39 is 17.9 Å². The van der Waals surface area contributed by atoms with Crippen molar-refractivity contribution >= 4 is 63.5 Å². The van der Waals surface area contributed by atoms with Crippen LogP contribution in [-0.2, 0) is 14.4 Å². The molecule has 2 amide bonds. The van der Waals surface area contributed by atoms with Crippen molar-refractivity contribution < 1.29 is 19.5 Å². The summed E-state index contributed by atoms with van der Waals surface area (Å²) in [6.07, 6.45) is 1.58. The molecule has 2 N–H and O–H groups in total. The predicted octanol–water partition coefficient (Wildman–Crippen LogP) is 1.93. The normalized spacial score (nSPS) is 17.6. The lowest BCUT2D eigenvalue weighted by Gasteiger charge is -2.22. The van der Waals surface area contributed by atoms with Gasteiger partial charge in [0.2, 0.25) is 5.91 Å². The van der Waals surface area contributed by atoms with Gasteiger partial charge in [-0.15, -0.1) is 11.3 Å². The van der Waals surface area contributed by atoms with Gasteiger partial charge in [-0.25, -0.2) is 0 Å². The van der Waals surface area contributed by atoms with Gasteiger partial charge in [-0.3, -0.25) is 19.3 Å². The first-order valence-corrected chi connectivity index (χ1v) is 8.80. The number of amides is 2. The van der Waals surface area contributed by atoms with Gasteiger partial charge in [0.25, 0.3) is 5.91 Å². The quantitative estimate of drug-likeness (QED) is 0.588. The van der Waals surface area contributed by atoms with Crippen molar-refractivity contribution in [3.63, 3.8) is 0 Å². The van der Waals surface area contributed by atoms with Crippen LogP contribution < -0.4 is 5.32 Å². The number of rotatable bonds is 6. The SMILES string of the molecule is CC(C(=O)NCCC(=O)O)N1C(=O)/C(=C/c2cccs2)SC1=S. The Morgan fingerprint density at radius 2 is 2.26 bits per heavy atom. The summed E-state index contributed by atoms with van der Waals surface area (Å²) >= 11 is 7.86. The van der Waals surface area contributed by atoms with E-state index in [1.807, 2.05) is 17.5 Å². The zero-order valence-corrected chi connectivity index (χ0v) is 14.6. The lowest BCUT2D eigenvalue weighted by Crippen LogP contribution is -2.47. The highest BCUT2D eigenvalue weighted by atomic mass is 32.2. The summed E-state index contributed by atoms with van der Waals surface area (Å²) in [5, 5.41) is 13.0. The Morgan fingerprint density at radius 1 is 1.52 bits per heavy atom. The summed E-state index contributed by atoms with van der Waals surface area (Å²) in [4.78, 5) is 37.6. The number of nitrogens with one attached hydrogen (secondary N) is 1. The molecule has 2 heterocycles. The van der Waals surface area contributed by atoms with E-state index >= 15 is 0 Å². The molecule has 1 aliphatic rings. The fraction of sp³-hybridized carbons (Fsp3) is 0.286. The second-order valence-corrected chi connectivity index (χ2v) is 7.33. The van der Waals surface area contributed by atoms with Crippen LogP contribution in [0.1, 0.15) is 18.2 Å². The molecular formula is C14H14N2O4S3. The van der Waals surface area contributed by atoms with E-state index in [-0.39, 0.29) is 18.9 Å². The lowest BCUT2D eigenvalue weighted by molar-refractivity contribution is -0.137. The number of hydrogen-bond donors (Lipinski definition) is 2. The fourth-order valence-corrected chi connectivity index (χ4v) is 4.02. The largest absolute Gasteiger partial charge is 0.481 e. The molecule has 1 atom stereocenters. The topological polar surface area (TPSA) is 86.7 Å². The highest BCUT2D eigenvalue weighted by Crippen LogP contribution is 2.34. The molecule has 0 spiro atoms. The van der Waals surface area contributed by atoms with Crippen LogP contribution in [0.2, 0.25) is 0 Å². The number of thiocarbonyl (C=S) groups is 1. The smallest absolute Gasteiger partial charge is 0.305 e. The van der Waals surface area contributed by atoms with Gasteiger partial charge in [0.1, 0.15) is 10.4 Å². The van der Waals surface area contributed by atoms with Crippen molar-refractivity contribution in [1.82, 2.24) is 10.2 Å². The summed E-state index contributed by atoms with van der Waals surface area (Å²) in [7, 11) is 0. The van der Waals surface area contributed by atoms with Crippen LogP contribution in [0.5, 0.6) is 0 Å². The van der Waals surface area contributed by atoms with Crippen LogP contribution in [0, 0.1) is 0 Å². The van der Waals surface area contributed by atoms with Crippen LogP contribution in [0.25, 0.3) is 6.08 Å². The van der Waals surface area contributed by atoms with Gasteiger partial charge in [0.15, 0.2) is 0 Å². The summed E-state index contributed by atoms with van der Waals surface area (Å²) in [5.41, 5.74) is 0. The molecule has 23 heavy (non-hydrogen) atoms. The van der Waals surface area contributed by atoms with Crippen LogP contribution in [-0.4, -0.2) is 44.7 Å². The molecule has 1 aromatic heterocycles. The van der Waals surface area contributed by atoms with E-state index in [0.717, 1.165) is 16.6 Å². The van der Waals surface area contributed by atoms with Crippen molar-refractivity contribution in [1.29, 1.82) is 0 Å². The van der Waals surface area contributed by atoms with Crippen LogP contribution in [0.4, 0.5) is 0 Å². The van der Waals surface area contributed by atoms with Crippen molar-refractivity contribution in [2.24, 2.45) is 0 Å². The van der Waals surface area contributed by atoms with Crippen molar-refractivity contribution in [3.8, 4) is 0 Å². The standard InChI is InChI=1S/C14H14N2O4S3/c1-8(12(19)15-5-4-11(17)18)16-13(20)10(23-14(16)21)7-9-3-2-6-22-9/h2-3,6-8H,4-5H2,1H3,(H,15,19)(H,17,18)/b10-7-. The minimum absolute atomic E-state index is 0.0122. The molecule has 122 valence electrons. The first-order valence-electron chi connectivity index (χ1n) is 6.70. The number of carbonyl (C=O) groups excluding carboxylic acids is 2. The van der Waals surface area contributed by atoms with E-state index in [9.17, 15) is 14.4 Å². The zero-order valence-electron chi connectivity index (χ0n) is 12.1. The van der Waals surface area contributed by atoms with Gasteiger partial charge in [0.05, 0.1) is 11.3 Å². The molecule has 0 aliphatic carbocycles. The summed E-state index contributed by atoms with van der Waals surface area (Å²) in [5.74, 6) is -1.74. The number of carbonyl (C=O) groups is 3. The average molecular weight is 370 g/mol. The molecule has 0 saturated carbocycles. The zero-order chi connectivity index (χ0) is 17.0. The maximum absolute atomic E-state index is 12.4. The molecular weight excluding hydrogens is 356 g/mol. The van der Waals surface area contributed by atoms with E-state index in [1.165, 1.54) is 16.2 Å². The molecule has 1 unspecified atom stereocenters. The average Bonchev–Trinajstić information content (AvgIpc) is 3.07. The van der Waals surface area contributed by atoms with Crippen molar-refractivity contribution in [2.45, 2.75) is 19.4 Å². The Balaban J connectivity index is 2.04. The fourth-order valence-electron chi connectivity index (χ4n) is 1.87. The summed E-state index contributed by atoms with van der Waals surface area (Å²) in [6, 6.07) is 2.99. The third kappa shape index (κ3) is 4.40. The number of aliphatic carboxylic acids is 1. The molecule has 0 radical (unpaired) electrons. The van der Waals surface area contributed by atoms with Gasteiger partial charge < -0.3 is 10.4 Å². The Bertz CT molecular complexity index is 670. The van der Waals surface area contributed by atoms with Gasteiger partial charge in [-0.2, -0.15) is 0 Å². The second kappa shape index (κ2) is 7.71. The van der Waals surface area contributed by atoms with Crippen LogP contribution in [0.15, 0.2) is 22.4 Å². The molecule has 6 nitrogen and oxygen atoms in total. The predicted molar refractivity (Wildman–Crippen MR) is 94.1 cm³/mol. The molecule has 1 aliphatic heterocycles. The number of hydrogen-bond acceptors (Lipinski definition) is 6.